The second-order valence-electron chi connectivity index (χ2n) is 8.88. The third kappa shape index (κ3) is 5.62. The van der Waals surface area contributed by atoms with Crippen LogP contribution in [-0.4, -0.2) is 39.7 Å². The number of fused-ring (bicyclic) bond motifs is 1. The van der Waals surface area contributed by atoms with Crippen LogP contribution in [0.3, 0.4) is 0 Å². The van der Waals surface area contributed by atoms with Gasteiger partial charge in [0.15, 0.2) is 0 Å². The number of alkyl halides is 3. The summed E-state index contributed by atoms with van der Waals surface area (Å²) in [5, 5.41) is 17.6. The van der Waals surface area contributed by atoms with E-state index in [0.717, 1.165) is 43.3 Å². The molecule has 4 rings (SSSR count). The molecule has 0 spiro atoms. The third-order valence-corrected chi connectivity index (χ3v) is 6.40. The lowest BCUT2D eigenvalue weighted by molar-refractivity contribution is -0.137. The van der Waals surface area contributed by atoms with Crippen molar-refractivity contribution in [3.63, 3.8) is 0 Å². The molecule has 1 heterocycles. The molecule has 3 amide bonds. The first-order chi connectivity index (χ1) is 17.2. The van der Waals surface area contributed by atoms with Crippen molar-refractivity contribution in [2.24, 2.45) is 5.92 Å². The highest BCUT2D eigenvalue weighted by molar-refractivity contribution is 6.04. The fourth-order valence-electron chi connectivity index (χ4n) is 4.57. The number of aliphatic hydroxyl groups is 1. The third-order valence-electron chi connectivity index (χ3n) is 6.40. The molecule has 8 nitrogen and oxygen atoms in total. The lowest BCUT2D eigenvalue weighted by atomic mass is 9.86. The van der Waals surface area contributed by atoms with E-state index in [2.05, 4.69) is 20.9 Å². The Bertz CT molecular complexity index is 1250. The standard InChI is InChI=1S/C25H28F3N5O3/c1-2-29-24(36)30-18-8-11-21-20(13-18)31-23(33(21)19-9-6-15(14-34)7-10-19)32-22(35)16-4-3-5-17(12-16)25(26,27)28/h3-5,8,11-13,15,19,34H,2,6-7,9-10,14H2,1H3,(H2,29,30,36)(H,31,32,35)/t15-,19+. The highest BCUT2D eigenvalue weighted by atomic mass is 19.4. The van der Waals surface area contributed by atoms with Gasteiger partial charge in [-0.15, -0.1) is 0 Å². The molecule has 1 saturated carbocycles. The van der Waals surface area contributed by atoms with E-state index in [4.69, 9.17) is 0 Å². The summed E-state index contributed by atoms with van der Waals surface area (Å²) in [6, 6.07) is 9.05. The summed E-state index contributed by atoms with van der Waals surface area (Å²) in [5.41, 5.74) is 0.715. The summed E-state index contributed by atoms with van der Waals surface area (Å²) in [6.45, 7) is 2.38. The van der Waals surface area contributed by atoms with Gasteiger partial charge in [0.1, 0.15) is 0 Å². The summed E-state index contributed by atoms with van der Waals surface area (Å²) in [7, 11) is 0. The van der Waals surface area contributed by atoms with Gasteiger partial charge in [0.05, 0.1) is 16.6 Å². The van der Waals surface area contributed by atoms with Crippen LogP contribution in [-0.2, 0) is 6.18 Å². The van der Waals surface area contributed by atoms with Crippen molar-refractivity contribution in [1.82, 2.24) is 14.9 Å². The first kappa shape index (κ1) is 25.5. The number of hydrogen-bond acceptors (Lipinski definition) is 4. The number of halogens is 3. The number of urea groups is 1. The first-order valence-corrected chi connectivity index (χ1v) is 11.9. The second-order valence-corrected chi connectivity index (χ2v) is 8.88. The highest BCUT2D eigenvalue weighted by Gasteiger charge is 2.31. The number of anilines is 2. The number of aliphatic hydroxyl groups excluding tert-OH is 1. The molecule has 0 radical (unpaired) electrons. The number of imidazole rings is 1. The SMILES string of the molecule is CCNC(=O)Nc1ccc2c(c1)nc(NC(=O)c1cccc(C(F)(F)F)c1)n2[C@H]1CC[C@@H](CO)CC1. The van der Waals surface area contributed by atoms with Crippen molar-refractivity contribution in [1.29, 1.82) is 0 Å². The van der Waals surface area contributed by atoms with E-state index < -0.39 is 17.6 Å². The molecule has 11 heteroatoms. The Hall–Kier alpha value is -3.60. The molecule has 36 heavy (non-hydrogen) atoms. The molecule has 192 valence electrons. The minimum atomic E-state index is -4.57. The largest absolute Gasteiger partial charge is 0.416 e. The quantitative estimate of drug-likeness (QED) is 0.372. The van der Waals surface area contributed by atoms with Crippen molar-refractivity contribution < 1.29 is 27.9 Å². The van der Waals surface area contributed by atoms with Crippen LogP contribution in [0.15, 0.2) is 42.5 Å². The Labute approximate surface area is 205 Å². The van der Waals surface area contributed by atoms with Crippen LogP contribution in [0.1, 0.15) is 54.6 Å². The van der Waals surface area contributed by atoms with Crippen LogP contribution in [0.25, 0.3) is 11.0 Å². The Kier molecular flexibility index (Phi) is 7.48. The molecule has 4 N–H and O–H groups in total. The van der Waals surface area contributed by atoms with Crippen molar-refractivity contribution in [3.05, 3.63) is 53.6 Å². The van der Waals surface area contributed by atoms with Crippen LogP contribution in [0.2, 0.25) is 0 Å². The van der Waals surface area contributed by atoms with Crippen molar-refractivity contribution in [2.75, 3.05) is 23.8 Å². The smallest absolute Gasteiger partial charge is 0.396 e. The van der Waals surface area contributed by atoms with Crippen molar-refractivity contribution in [2.45, 2.75) is 44.8 Å². The lowest BCUT2D eigenvalue weighted by Crippen LogP contribution is -2.28. The fourth-order valence-corrected chi connectivity index (χ4v) is 4.57. The van der Waals surface area contributed by atoms with Crippen LogP contribution in [0, 0.1) is 5.92 Å². The fraction of sp³-hybridized carbons (Fsp3) is 0.400. The zero-order valence-electron chi connectivity index (χ0n) is 19.7. The number of nitrogens with one attached hydrogen (secondary N) is 3. The van der Waals surface area contributed by atoms with Gasteiger partial charge in [-0.05, 0) is 74.9 Å². The highest BCUT2D eigenvalue weighted by Crippen LogP contribution is 2.37. The predicted molar refractivity (Wildman–Crippen MR) is 130 cm³/mol. The maximum absolute atomic E-state index is 13.1. The molecule has 3 aromatic rings. The van der Waals surface area contributed by atoms with Crippen LogP contribution in [0.5, 0.6) is 0 Å². The summed E-state index contributed by atoms with van der Waals surface area (Å²) in [4.78, 5) is 29.4. The van der Waals surface area contributed by atoms with E-state index in [0.29, 0.717) is 17.7 Å². The molecular formula is C25H28F3N5O3. The van der Waals surface area contributed by atoms with Crippen LogP contribution in [0.4, 0.5) is 29.6 Å². The van der Waals surface area contributed by atoms with E-state index >= 15 is 0 Å². The molecule has 2 aromatic carbocycles. The molecule has 0 aliphatic heterocycles. The van der Waals surface area contributed by atoms with Crippen LogP contribution >= 0.6 is 0 Å². The zero-order chi connectivity index (χ0) is 25.9. The molecule has 0 unspecified atom stereocenters. The van der Waals surface area contributed by atoms with Gasteiger partial charge in [-0.3, -0.25) is 10.1 Å². The summed E-state index contributed by atoms with van der Waals surface area (Å²) in [5.74, 6) is -0.274. The van der Waals surface area contributed by atoms with Gasteiger partial charge in [0.25, 0.3) is 5.91 Å². The normalized spacial score (nSPS) is 18.1. The molecule has 0 atom stereocenters. The van der Waals surface area contributed by atoms with E-state index in [1.165, 1.54) is 12.1 Å². The lowest BCUT2D eigenvalue weighted by Gasteiger charge is -2.29. The number of rotatable bonds is 6. The van der Waals surface area contributed by atoms with E-state index in [9.17, 15) is 27.9 Å². The number of carbonyl (C=O) groups is 2. The minimum Gasteiger partial charge on any atom is -0.396 e. The summed E-state index contributed by atoms with van der Waals surface area (Å²) in [6.07, 6.45) is -1.45. The average Bonchev–Trinajstić information content (AvgIpc) is 3.20. The summed E-state index contributed by atoms with van der Waals surface area (Å²) < 4.78 is 41.3. The van der Waals surface area contributed by atoms with Gasteiger partial charge in [-0.25, -0.2) is 9.78 Å². The number of amides is 3. The van der Waals surface area contributed by atoms with Gasteiger partial charge in [0, 0.05) is 30.4 Å². The van der Waals surface area contributed by atoms with Gasteiger partial charge >= 0.3 is 12.2 Å². The Morgan fingerprint density at radius 2 is 1.83 bits per heavy atom. The molecule has 0 bridgehead atoms. The van der Waals surface area contributed by atoms with Gasteiger partial charge in [-0.1, -0.05) is 6.07 Å². The van der Waals surface area contributed by atoms with Gasteiger partial charge in [-0.2, -0.15) is 13.2 Å². The average molecular weight is 504 g/mol. The molecule has 1 aliphatic rings. The molecule has 1 aliphatic carbocycles. The minimum absolute atomic E-state index is 0.0168. The second kappa shape index (κ2) is 10.6. The van der Waals surface area contributed by atoms with Gasteiger partial charge < -0.3 is 20.3 Å². The van der Waals surface area contributed by atoms with Crippen molar-refractivity contribution >= 4 is 34.6 Å². The summed E-state index contributed by atoms with van der Waals surface area (Å²) >= 11 is 0. The van der Waals surface area contributed by atoms with Crippen LogP contribution < -0.4 is 16.0 Å². The maximum Gasteiger partial charge on any atom is 0.416 e. The Morgan fingerprint density at radius 1 is 1.08 bits per heavy atom. The van der Waals surface area contributed by atoms with E-state index in [-0.39, 0.29) is 36.1 Å². The Balaban J connectivity index is 1.68. The zero-order valence-corrected chi connectivity index (χ0v) is 19.7. The molecule has 0 saturated heterocycles. The predicted octanol–water partition coefficient (Wildman–Crippen LogP) is 5.17. The number of aromatic nitrogens is 2. The number of benzene rings is 2. The van der Waals surface area contributed by atoms with E-state index in [1.807, 2.05) is 4.57 Å². The topological polar surface area (TPSA) is 108 Å². The number of hydrogen-bond donors (Lipinski definition) is 4. The number of nitrogens with zero attached hydrogens (tertiary/aromatic N) is 2. The molecule has 1 fully saturated rings. The maximum atomic E-state index is 13.1. The number of carbonyl (C=O) groups excluding carboxylic acids is 2. The van der Waals surface area contributed by atoms with Crippen molar-refractivity contribution in [3.8, 4) is 0 Å². The first-order valence-electron chi connectivity index (χ1n) is 11.9. The molecular weight excluding hydrogens is 475 g/mol. The molecule has 1 aromatic heterocycles. The Morgan fingerprint density at radius 3 is 2.50 bits per heavy atom. The van der Waals surface area contributed by atoms with E-state index in [1.54, 1.807) is 25.1 Å². The monoisotopic (exact) mass is 503 g/mol. The van der Waals surface area contributed by atoms with Gasteiger partial charge in [0.2, 0.25) is 5.95 Å².